The molecule has 1 amide bonds. The van der Waals surface area contributed by atoms with Crippen molar-refractivity contribution in [2.24, 2.45) is 5.92 Å². The molecule has 0 aliphatic carbocycles. The van der Waals surface area contributed by atoms with Gasteiger partial charge in [0.25, 0.3) is 0 Å². The summed E-state index contributed by atoms with van der Waals surface area (Å²) in [7, 11) is 0. The summed E-state index contributed by atoms with van der Waals surface area (Å²) in [5, 5.41) is 5.93. The van der Waals surface area contributed by atoms with E-state index in [0.717, 1.165) is 6.54 Å². The Morgan fingerprint density at radius 1 is 1.47 bits per heavy atom. The second-order valence-corrected chi connectivity index (χ2v) is 3.87. The molecular formula is C11H16N4O2. The van der Waals surface area contributed by atoms with Crippen LogP contribution in [-0.4, -0.2) is 41.7 Å². The first-order valence-electron chi connectivity index (χ1n) is 5.70. The summed E-state index contributed by atoms with van der Waals surface area (Å²) in [5.74, 6) is 0.0538. The van der Waals surface area contributed by atoms with Gasteiger partial charge in [0.05, 0.1) is 19.1 Å². The van der Waals surface area contributed by atoms with E-state index in [2.05, 4.69) is 20.6 Å². The molecule has 0 saturated carbocycles. The van der Waals surface area contributed by atoms with E-state index in [1.165, 1.54) is 0 Å². The van der Waals surface area contributed by atoms with E-state index in [9.17, 15) is 4.79 Å². The SMILES string of the molecule is CCNC1COCC1C(=O)Nc1ncccn1. The minimum atomic E-state index is -0.182. The van der Waals surface area contributed by atoms with E-state index in [1.807, 2.05) is 6.92 Å². The van der Waals surface area contributed by atoms with Gasteiger partial charge >= 0.3 is 0 Å². The average Bonchev–Trinajstić information content (AvgIpc) is 2.79. The number of hydrogen-bond acceptors (Lipinski definition) is 5. The van der Waals surface area contributed by atoms with E-state index in [1.54, 1.807) is 18.5 Å². The third kappa shape index (κ3) is 2.98. The monoisotopic (exact) mass is 236 g/mol. The van der Waals surface area contributed by atoms with Crippen LogP contribution in [0.25, 0.3) is 0 Å². The van der Waals surface area contributed by atoms with Crippen LogP contribution in [0.2, 0.25) is 0 Å². The van der Waals surface area contributed by atoms with Crippen LogP contribution in [-0.2, 0) is 9.53 Å². The molecule has 0 aromatic carbocycles. The van der Waals surface area contributed by atoms with Gasteiger partial charge in [0, 0.05) is 18.4 Å². The number of rotatable bonds is 4. The van der Waals surface area contributed by atoms with Crippen molar-refractivity contribution in [3.63, 3.8) is 0 Å². The zero-order chi connectivity index (χ0) is 12.1. The maximum Gasteiger partial charge on any atom is 0.233 e. The van der Waals surface area contributed by atoms with Crippen molar-refractivity contribution in [2.45, 2.75) is 13.0 Å². The molecule has 2 unspecified atom stereocenters. The van der Waals surface area contributed by atoms with Crippen molar-refractivity contribution >= 4 is 11.9 Å². The average molecular weight is 236 g/mol. The molecular weight excluding hydrogens is 220 g/mol. The Bertz CT molecular complexity index is 371. The fourth-order valence-electron chi connectivity index (χ4n) is 1.84. The van der Waals surface area contributed by atoms with Crippen molar-refractivity contribution in [2.75, 3.05) is 25.1 Å². The summed E-state index contributed by atoms with van der Waals surface area (Å²) in [6.07, 6.45) is 3.19. The Morgan fingerprint density at radius 3 is 2.94 bits per heavy atom. The van der Waals surface area contributed by atoms with Gasteiger partial charge in [-0.15, -0.1) is 0 Å². The number of hydrogen-bond donors (Lipinski definition) is 2. The Kier molecular flexibility index (Phi) is 4.00. The smallest absolute Gasteiger partial charge is 0.233 e. The number of ether oxygens (including phenoxy) is 1. The van der Waals surface area contributed by atoms with Crippen molar-refractivity contribution in [3.8, 4) is 0 Å². The molecule has 2 heterocycles. The van der Waals surface area contributed by atoms with Crippen molar-refractivity contribution in [1.29, 1.82) is 0 Å². The highest BCUT2D eigenvalue weighted by Gasteiger charge is 2.33. The molecule has 1 saturated heterocycles. The standard InChI is InChI=1S/C11H16N4O2/c1-2-12-9-7-17-6-8(9)10(16)15-11-13-4-3-5-14-11/h3-5,8-9,12H,2,6-7H2,1H3,(H,13,14,15,16). The Balaban J connectivity index is 1.95. The third-order valence-electron chi connectivity index (χ3n) is 2.68. The van der Waals surface area contributed by atoms with Crippen LogP contribution >= 0.6 is 0 Å². The maximum atomic E-state index is 12.0. The summed E-state index contributed by atoms with van der Waals surface area (Å²) in [6, 6.07) is 1.78. The fourth-order valence-corrected chi connectivity index (χ4v) is 1.84. The summed E-state index contributed by atoms with van der Waals surface area (Å²) in [4.78, 5) is 19.9. The highest BCUT2D eigenvalue weighted by atomic mass is 16.5. The summed E-state index contributed by atoms with van der Waals surface area (Å²) in [5.41, 5.74) is 0. The lowest BCUT2D eigenvalue weighted by atomic mass is 10.0. The number of anilines is 1. The predicted octanol–water partition coefficient (Wildman–Crippen LogP) is 0.0396. The Labute approximate surface area is 99.8 Å². The summed E-state index contributed by atoms with van der Waals surface area (Å²) in [6.45, 7) is 3.84. The van der Waals surface area contributed by atoms with Crippen LogP contribution in [0.15, 0.2) is 18.5 Å². The normalized spacial score (nSPS) is 23.6. The lowest BCUT2D eigenvalue weighted by Crippen LogP contribution is -2.41. The minimum absolute atomic E-state index is 0.0729. The molecule has 1 aliphatic heterocycles. The maximum absolute atomic E-state index is 12.0. The van der Waals surface area contributed by atoms with Gasteiger partial charge in [0.1, 0.15) is 0 Å². The molecule has 6 nitrogen and oxygen atoms in total. The molecule has 0 bridgehead atoms. The fraction of sp³-hybridized carbons (Fsp3) is 0.545. The second kappa shape index (κ2) is 5.70. The highest BCUT2D eigenvalue weighted by Crippen LogP contribution is 2.15. The minimum Gasteiger partial charge on any atom is -0.379 e. The predicted molar refractivity (Wildman–Crippen MR) is 62.4 cm³/mol. The molecule has 2 rings (SSSR count). The number of carbonyl (C=O) groups excluding carboxylic acids is 1. The zero-order valence-electron chi connectivity index (χ0n) is 9.72. The van der Waals surface area contributed by atoms with Gasteiger partial charge in [-0.05, 0) is 12.6 Å². The summed E-state index contributed by atoms with van der Waals surface area (Å²) < 4.78 is 5.32. The molecule has 92 valence electrons. The number of nitrogens with zero attached hydrogens (tertiary/aromatic N) is 2. The van der Waals surface area contributed by atoms with Gasteiger partial charge < -0.3 is 10.1 Å². The molecule has 0 spiro atoms. The Morgan fingerprint density at radius 2 is 2.24 bits per heavy atom. The third-order valence-corrected chi connectivity index (χ3v) is 2.68. The lowest BCUT2D eigenvalue weighted by Gasteiger charge is -2.16. The van der Waals surface area contributed by atoms with E-state index >= 15 is 0 Å². The van der Waals surface area contributed by atoms with Crippen LogP contribution in [0.1, 0.15) is 6.92 Å². The first-order chi connectivity index (χ1) is 8.31. The van der Waals surface area contributed by atoms with E-state index < -0.39 is 0 Å². The van der Waals surface area contributed by atoms with Crippen LogP contribution in [0, 0.1) is 5.92 Å². The van der Waals surface area contributed by atoms with Crippen molar-refractivity contribution in [1.82, 2.24) is 15.3 Å². The van der Waals surface area contributed by atoms with Crippen LogP contribution in [0.5, 0.6) is 0 Å². The second-order valence-electron chi connectivity index (χ2n) is 3.87. The van der Waals surface area contributed by atoms with Crippen LogP contribution in [0.4, 0.5) is 5.95 Å². The van der Waals surface area contributed by atoms with Gasteiger partial charge in [-0.25, -0.2) is 9.97 Å². The molecule has 1 aliphatic rings. The van der Waals surface area contributed by atoms with Gasteiger partial charge in [-0.1, -0.05) is 6.92 Å². The zero-order valence-corrected chi connectivity index (χ0v) is 9.72. The first-order valence-corrected chi connectivity index (χ1v) is 5.70. The molecule has 17 heavy (non-hydrogen) atoms. The van der Waals surface area contributed by atoms with E-state index in [-0.39, 0.29) is 17.9 Å². The van der Waals surface area contributed by atoms with Gasteiger partial charge in [0.15, 0.2) is 0 Å². The molecule has 6 heteroatoms. The molecule has 1 aromatic heterocycles. The number of nitrogens with one attached hydrogen (secondary N) is 2. The first kappa shape index (κ1) is 11.9. The quantitative estimate of drug-likeness (QED) is 0.772. The van der Waals surface area contributed by atoms with Crippen molar-refractivity contribution in [3.05, 3.63) is 18.5 Å². The van der Waals surface area contributed by atoms with E-state index in [4.69, 9.17) is 4.74 Å². The topological polar surface area (TPSA) is 76.1 Å². The highest BCUT2D eigenvalue weighted by molar-refractivity contribution is 5.91. The van der Waals surface area contributed by atoms with E-state index in [0.29, 0.717) is 19.2 Å². The molecule has 2 atom stereocenters. The number of amides is 1. The lowest BCUT2D eigenvalue weighted by molar-refractivity contribution is -0.120. The van der Waals surface area contributed by atoms with Crippen LogP contribution in [0.3, 0.4) is 0 Å². The number of carbonyl (C=O) groups is 1. The molecule has 0 radical (unpaired) electrons. The molecule has 1 aromatic rings. The molecule has 1 fully saturated rings. The Hall–Kier alpha value is -1.53. The van der Waals surface area contributed by atoms with Gasteiger partial charge in [-0.2, -0.15) is 0 Å². The van der Waals surface area contributed by atoms with Crippen LogP contribution < -0.4 is 10.6 Å². The summed E-state index contributed by atoms with van der Waals surface area (Å²) >= 11 is 0. The van der Waals surface area contributed by atoms with Crippen molar-refractivity contribution < 1.29 is 9.53 Å². The molecule has 2 N–H and O–H groups in total. The number of aromatic nitrogens is 2. The van der Waals surface area contributed by atoms with Gasteiger partial charge in [-0.3, -0.25) is 10.1 Å². The van der Waals surface area contributed by atoms with Gasteiger partial charge in [0.2, 0.25) is 11.9 Å². The number of likely N-dealkylation sites (N-methyl/N-ethyl adjacent to an activating group) is 1. The largest absolute Gasteiger partial charge is 0.379 e.